The van der Waals surface area contributed by atoms with Gasteiger partial charge in [0.1, 0.15) is 5.69 Å². The van der Waals surface area contributed by atoms with Gasteiger partial charge in [-0.1, -0.05) is 17.3 Å². The number of rotatable bonds is 1. The van der Waals surface area contributed by atoms with Crippen LogP contribution in [0.2, 0.25) is 0 Å². The summed E-state index contributed by atoms with van der Waals surface area (Å²) >= 11 is 0. The molecule has 25 heavy (non-hydrogen) atoms. The number of carbonyl (C=O) groups is 1. The second-order valence-electron chi connectivity index (χ2n) is 6.01. The van der Waals surface area contributed by atoms with Crippen molar-refractivity contribution in [1.82, 2.24) is 19.9 Å². The number of benzene rings is 1. The highest BCUT2D eigenvalue weighted by Gasteiger charge is 2.42. The van der Waals surface area contributed by atoms with Crippen LogP contribution in [0, 0.1) is 0 Å². The van der Waals surface area contributed by atoms with Gasteiger partial charge in [0.05, 0.1) is 36.6 Å². The molecule has 2 aliphatic rings. The molecule has 10 heteroatoms. The van der Waals surface area contributed by atoms with Crippen LogP contribution in [0.15, 0.2) is 24.3 Å². The van der Waals surface area contributed by atoms with Crippen molar-refractivity contribution in [2.24, 2.45) is 0 Å². The van der Waals surface area contributed by atoms with Crippen molar-refractivity contribution < 1.29 is 27.8 Å². The molecular formula is C15H13F3N4O3. The summed E-state index contributed by atoms with van der Waals surface area (Å²) < 4.78 is 45.4. The van der Waals surface area contributed by atoms with E-state index in [4.69, 9.17) is 9.84 Å². The third-order valence-electron chi connectivity index (χ3n) is 4.53. The molecule has 2 aromatic rings. The lowest BCUT2D eigenvalue weighted by molar-refractivity contribution is -0.137. The van der Waals surface area contributed by atoms with Crippen LogP contribution in [0.25, 0.3) is 11.3 Å². The predicted octanol–water partition coefficient (Wildman–Crippen LogP) is 2.40. The highest BCUT2D eigenvalue weighted by atomic mass is 19.4. The Balaban J connectivity index is 1.65. The first-order valence-corrected chi connectivity index (χ1v) is 7.56. The summed E-state index contributed by atoms with van der Waals surface area (Å²) in [6, 6.07) is 4.40. The predicted molar refractivity (Wildman–Crippen MR) is 77.7 cm³/mol. The zero-order valence-electron chi connectivity index (χ0n) is 12.8. The third-order valence-corrected chi connectivity index (χ3v) is 4.53. The zero-order chi connectivity index (χ0) is 17.8. The van der Waals surface area contributed by atoms with Gasteiger partial charge in [0.15, 0.2) is 0 Å². The first-order chi connectivity index (χ1) is 11.8. The lowest BCUT2D eigenvalue weighted by atomic mass is 10.1. The maximum absolute atomic E-state index is 12.7. The summed E-state index contributed by atoms with van der Waals surface area (Å²) in [6.45, 7) is 0.676. The number of fused-ring (bicyclic) bond motifs is 3. The van der Waals surface area contributed by atoms with Gasteiger partial charge < -0.3 is 14.7 Å². The minimum atomic E-state index is -4.40. The molecule has 1 aromatic heterocycles. The number of carboxylic acid groups (broad SMARTS) is 1. The molecule has 2 aliphatic heterocycles. The molecule has 0 spiro atoms. The van der Waals surface area contributed by atoms with Gasteiger partial charge in [-0.05, 0) is 12.1 Å². The van der Waals surface area contributed by atoms with E-state index in [1.54, 1.807) is 4.68 Å². The second-order valence-corrected chi connectivity index (χ2v) is 6.01. The lowest BCUT2D eigenvalue weighted by Crippen LogP contribution is -2.32. The van der Waals surface area contributed by atoms with Gasteiger partial charge in [-0.25, -0.2) is 9.48 Å². The van der Waals surface area contributed by atoms with E-state index in [0.29, 0.717) is 17.0 Å². The first-order valence-electron chi connectivity index (χ1n) is 7.56. The normalized spacial score (nSPS) is 22.6. The number of amides is 1. The van der Waals surface area contributed by atoms with Crippen molar-refractivity contribution in [1.29, 1.82) is 0 Å². The van der Waals surface area contributed by atoms with Gasteiger partial charge in [-0.3, -0.25) is 0 Å². The van der Waals surface area contributed by atoms with Crippen LogP contribution in [0.1, 0.15) is 17.3 Å². The number of hydrogen-bond donors (Lipinski definition) is 1. The topological polar surface area (TPSA) is 80.5 Å². The molecular weight excluding hydrogens is 341 g/mol. The van der Waals surface area contributed by atoms with Gasteiger partial charge >= 0.3 is 12.3 Å². The van der Waals surface area contributed by atoms with Crippen LogP contribution in [0.5, 0.6) is 0 Å². The van der Waals surface area contributed by atoms with Gasteiger partial charge in [0.2, 0.25) is 0 Å². The molecule has 1 aromatic carbocycles. The SMILES string of the molecule is O=C(O)N1CC2OCc3c(-c4ccc(C(F)(F)F)cc4)nnn3C2C1. The highest BCUT2D eigenvalue weighted by molar-refractivity contribution is 5.66. The van der Waals surface area contributed by atoms with Gasteiger partial charge in [-0.15, -0.1) is 5.10 Å². The van der Waals surface area contributed by atoms with E-state index in [1.807, 2.05) is 0 Å². The third kappa shape index (κ3) is 2.62. The fourth-order valence-electron chi connectivity index (χ4n) is 3.25. The van der Waals surface area contributed by atoms with Crippen molar-refractivity contribution in [3.8, 4) is 11.3 Å². The van der Waals surface area contributed by atoms with Crippen molar-refractivity contribution in [2.45, 2.75) is 24.9 Å². The maximum Gasteiger partial charge on any atom is 0.416 e. The summed E-state index contributed by atoms with van der Waals surface area (Å²) in [6.07, 6.45) is -5.72. The molecule has 1 saturated heterocycles. The van der Waals surface area contributed by atoms with E-state index in [9.17, 15) is 18.0 Å². The Morgan fingerprint density at radius 3 is 2.60 bits per heavy atom. The number of halogens is 3. The molecule has 1 N–H and O–H groups in total. The van der Waals surface area contributed by atoms with Crippen molar-refractivity contribution in [3.05, 3.63) is 35.5 Å². The van der Waals surface area contributed by atoms with Crippen LogP contribution < -0.4 is 0 Å². The van der Waals surface area contributed by atoms with E-state index < -0.39 is 17.8 Å². The van der Waals surface area contributed by atoms with Crippen LogP contribution in [0.4, 0.5) is 18.0 Å². The molecule has 0 saturated carbocycles. The van der Waals surface area contributed by atoms with Crippen LogP contribution in [-0.2, 0) is 17.5 Å². The Kier molecular flexibility index (Phi) is 3.46. The molecule has 4 rings (SSSR count). The Bertz CT molecular complexity index is 818. The largest absolute Gasteiger partial charge is 0.465 e. The summed E-state index contributed by atoms with van der Waals surface area (Å²) in [5.74, 6) is 0. The number of alkyl halides is 3. The number of hydrogen-bond acceptors (Lipinski definition) is 4. The second kappa shape index (κ2) is 5.45. The summed E-state index contributed by atoms with van der Waals surface area (Å²) in [5, 5.41) is 17.3. The van der Waals surface area contributed by atoms with Crippen LogP contribution >= 0.6 is 0 Å². The molecule has 1 fully saturated rings. The molecule has 2 atom stereocenters. The van der Waals surface area contributed by atoms with E-state index in [1.165, 1.54) is 17.0 Å². The van der Waals surface area contributed by atoms with Crippen molar-refractivity contribution >= 4 is 6.09 Å². The van der Waals surface area contributed by atoms with Crippen molar-refractivity contribution in [3.63, 3.8) is 0 Å². The minimum Gasteiger partial charge on any atom is -0.465 e. The molecule has 7 nitrogen and oxygen atoms in total. The summed E-state index contributed by atoms with van der Waals surface area (Å²) in [5.41, 5.74) is 0.847. The van der Waals surface area contributed by atoms with E-state index in [2.05, 4.69) is 10.3 Å². The van der Waals surface area contributed by atoms with E-state index >= 15 is 0 Å². The minimum absolute atomic E-state index is 0.179. The fraction of sp³-hybridized carbons (Fsp3) is 0.400. The first kappa shape index (κ1) is 15.9. The summed E-state index contributed by atoms with van der Waals surface area (Å²) in [7, 11) is 0. The maximum atomic E-state index is 12.7. The number of likely N-dealkylation sites (tertiary alicyclic amines) is 1. The fourth-order valence-corrected chi connectivity index (χ4v) is 3.25. The average molecular weight is 354 g/mol. The Hall–Kier alpha value is -2.62. The Morgan fingerprint density at radius 2 is 1.96 bits per heavy atom. The monoisotopic (exact) mass is 354 g/mol. The number of aromatic nitrogens is 3. The number of nitrogens with zero attached hydrogens (tertiary/aromatic N) is 4. The lowest BCUT2D eigenvalue weighted by Gasteiger charge is -2.26. The van der Waals surface area contributed by atoms with Crippen LogP contribution in [-0.4, -0.2) is 50.3 Å². The van der Waals surface area contributed by atoms with Crippen molar-refractivity contribution in [2.75, 3.05) is 13.1 Å². The Morgan fingerprint density at radius 1 is 1.24 bits per heavy atom. The molecule has 2 unspecified atom stereocenters. The molecule has 0 radical (unpaired) electrons. The average Bonchev–Trinajstić information content (AvgIpc) is 3.17. The van der Waals surface area contributed by atoms with Gasteiger partial charge in [0, 0.05) is 12.1 Å². The Labute approximate surface area is 139 Å². The van der Waals surface area contributed by atoms with Gasteiger partial charge in [0.25, 0.3) is 0 Å². The molecule has 132 valence electrons. The highest BCUT2D eigenvalue weighted by Crippen LogP contribution is 2.35. The molecule has 0 bridgehead atoms. The smallest absolute Gasteiger partial charge is 0.416 e. The summed E-state index contributed by atoms with van der Waals surface area (Å²) in [4.78, 5) is 12.4. The number of ether oxygens (including phenoxy) is 1. The van der Waals surface area contributed by atoms with Gasteiger partial charge in [-0.2, -0.15) is 13.2 Å². The molecule has 3 heterocycles. The zero-order valence-corrected chi connectivity index (χ0v) is 12.8. The van der Waals surface area contributed by atoms with E-state index in [-0.39, 0.29) is 31.8 Å². The quantitative estimate of drug-likeness (QED) is 0.851. The van der Waals surface area contributed by atoms with Crippen LogP contribution in [0.3, 0.4) is 0 Å². The molecule has 0 aliphatic carbocycles. The standard InChI is InChI=1S/C15H13F3N4O3/c16-15(17,18)9-3-1-8(2-4-9)13-11-7-25-12-6-21(14(23)24)5-10(12)22(11)20-19-13/h1-4,10,12H,5-7H2,(H,23,24). The molecule has 1 amide bonds. The van der Waals surface area contributed by atoms with E-state index in [0.717, 1.165) is 12.1 Å².